The minimum Gasteiger partial charge on any atom is -0.496 e. The van der Waals surface area contributed by atoms with E-state index in [2.05, 4.69) is 5.32 Å². The quantitative estimate of drug-likeness (QED) is 0.781. The molecule has 0 bridgehead atoms. The molecule has 2 aromatic carbocycles. The van der Waals surface area contributed by atoms with Crippen LogP contribution in [0.2, 0.25) is 0 Å². The lowest BCUT2D eigenvalue weighted by Crippen LogP contribution is -2.56. The molecule has 0 saturated carbocycles. The van der Waals surface area contributed by atoms with Gasteiger partial charge in [0.05, 0.1) is 13.2 Å². The maximum atomic E-state index is 13.0. The zero-order valence-electron chi connectivity index (χ0n) is 17.1. The third-order valence-electron chi connectivity index (χ3n) is 5.10. The first-order valence-corrected chi connectivity index (χ1v) is 9.90. The molecule has 2 atom stereocenters. The second-order valence-corrected chi connectivity index (χ2v) is 7.33. The van der Waals surface area contributed by atoms with Gasteiger partial charge >= 0.3 is 0 Å². The van der Waals surface area contributed by atoms with Crippen molar-refractivity contribution in [3.63, 3.8) is 0 Å². The minimum absolute atomic E-state index is 0.0412. The van der Waals surface area contributed by atoms with Crippen molar-refractivity contribution >= 4 is 11.8 Å². The molecule has 3 rings (SSSR count). The number of hydrogen-bond acceptors (Lipinski definition) is 4. The third-order valence-corrected chi connectivity index (χ3v) is 5.10. The molecule has 0 unspecified atom stereocenters. The van der Waals surface area contributed by atoms with Gasteiger partial charge in [-0.05, 0) is 37.5 Å². The van der Waals surface area contributed by atoms with Crippen molar-refractivity contribution in [1.82, 2.24) is 10.2 Å². The van der Waals surface area contributed by atoms with Gasteiger partial charge in [-0.2, -0.15) is 0 Å². The molecule has 1 N–H and O–H groups in total. The molecule has 2 amide bonds. The molecule has 1 aliphatic rings. The Morgan fingerprint density at radius 3 is 2.55 bits per heavy atom. The van der Waals surface area contributed by atoms with Crippen LogP contribution in [-0.2, 0) is 20.7 Å². The number of morpholine rings is 1. The van der Waals surface area contributed by atoms with Crippen molar-refractivity contribution in [1.29, 1.82) is 0 Å². The number of carbonyl (C=O) groups excluding carboxylic acids is 2. The van der Waals surface area contributed by atoms with Crippen LogP contribution in [0.1, 0.15) is 31.0 Å². The van der Waals surface area contributed by atoms with E-state index in [4.69, 9.17) is 9.47 Å². The van der Waals surface area contributed by atoms with E-state index >= 15 is 0 Å². The minimum atomic E-state index is -0.754. The van der Waals surface area contributed by atoms with Gasteiger partial charge in [0.15, 0.2) is 6.10 Å². The molecule has 0 radical (unpaired) electrons. The Bertz CT molecular complexity index is 838. The lowest BCUT2D eigenvalue weighted by atomic mass is 9.95. The molecule has 29 heavy (non-hydrogen) atoms. The van der Waals surface area contributed by atoms with Crippen LogP contribution >= 0.6 is 0 Å². The molecule has 1 aliphatic heterocycles. The van der Waals surface area contributed by atoms with Gasteiger partial charge in [-0.25, -0.2) is 0 Å². The number of rotatable bonds is 7. The average Bonchev–Trinajstić information content (AvgIpc) is 2.74. The zero-order chi connectivity index (χ0) is 20.8. The van der Waals surface area contributed by atoms with Gasteiger partial charge in [0, 0.05) is 12.6 Å². The number of ether oxygens (including phenoxy) is 2. The van der Waals surface area contributed by atoms with Crippen LogP contribution in [0.5, 0.6) is 5.75 Å². The largest absolute Gasteiger partial charge is 0.496 e. The highest BCUT2D eigenvalue weighted by atomic mass is 16.5. The third kappa shape index (κ3) is 4.77. The molecule has 6 heteroatoms. The predicted octanol–water partition coefficient (Wildman–Crippen LogP) is 2.73. The molecule has 1 heterocycles. The number of amides is 2. The van der Waals surface area contributed by atoms with Crippen LogP contribution in [0.4, 0.5) is 0 Å². The normalized spacial score (nSPS) is 19.3. The first kappa shape index (κ1) is 20.9. The van der Waals surface area contributed by atoms with Crippen LogP contribution in [0.15, 0.2) is 54.6 Å². The fraction of sp³-hybridized carbons (Fsp3) is 0.391. The topological polar surface area (TPSA) is 67.9 Å². The van der Waals surface area contributed by atoms with E-state index in [1.807, 2.05) is 68.4 Å². The van der Waals surface area contributed by atoms with Gasteiger partial charge in [-0.3, -0.25) is 9.59 Å². The maximum Gasteiger partial charge on any atom is 0.251 e. The number of hydrogen-bond donors (Lipinski definition) is 1. The zero-order valence-corrected chi connectivity index (χ0v) is 17.1. The van der Waals surface area contributed by atoms with E-state index in [-0.39, 0.29) is 24.5 Å². The average molecular weight is 396 g/mol. The molecule has 154 valence electrons. The van der Waals surface area contributed by atoms with E-state index in [0.29, 0.717) is 13.0 Å². The maximum absolute atomic E-state index is 13.0. The summed E-state index contributed by atoms with van der Waals surface area (Å²) in [6.07, 6.45) is -0.110. The fourth-order valence-corrected chi connectivity index (χ4v) is 3.77. The van der Waals surface area contributed by atoms with Crippen molar-refractivity contribution in [2.45, 2.75) is 38.5 Å². The Balaban J connectivity index is 1.74. The first-order chi connectivity index (χ1) is 14.0. The van der Waals surface area contributed by atoms with Gasteiger partial charge in [-0.15, -0.1) is 0 Å². The van der Waals surface area contributed by atoms with Crippen molar-refractivity contribution < 1.29 is 19.1 Å². The summed E-state index contributed by atoms with van der Waals surface area (Å²) in [7, 11) is 1.63. The summed E-state index contributed by atoms with van der Waals surface area (Å²) in [6.45, 7) is 4.27. The monoisotopic (exact) mass is 396 g/mol. The Morgan fingerprint density at radius 2 is 1.86 bits per heavy atom. The molecule has 0 aromatic heterocycles. The van der Waals surface area contributed by atoms with Crippen molar-refractivity contribution in [3.8, 4) is 5.75 Å². The highest BCUT2D eigenvalue weighted by Crippen LogP contribution is 2.32. The van der Waals surface area contributed by atoms with Crippen molar-refractivity contribution in [3.05, 3.63) is 65.7 Å². The van der Waals surface area contributed by atoms with E-state index in [0.717, 1.165) is 16.9 Å². The van der Waals surface area contributed by atoms with E-state index in [9.17, 15) is 9.59 Å². The van der Waals surface area contributed by atoms with Crippen LogP contribution < -0.4 is 10.1 Å². The molecule has 1 saturated heterocycles. The van der Waals surface area contributed by atoms with Crippen LogP contribution in [0, 0.1) is 0 Å². The summed E-state index contributed by atoms with van der Waals surface area (Å²) in [5.74, 6) is 0.480. The van der Waals surface area contributed by atoms with Crippen molar-refractivity contribution in [2.24, 2.45) is 0 Å². The Labute approximate surface area is 171 Å². The molecular weight excluding hydrogens is 368 g/mol. The number of carbonyl (C=O) groups is 2. The Kier molecular flexibility index (Phi) is 6.88. The second-order valence-electron chi connectivity index (χ2n) is 7.33. The Hall–Kier alpha value is -2.86. The second kappa shape index (κ2) is 9.56. The fourth-order valence-electron chi connectivity index (χ4n) is 3.77. The molecule has 0 aliphatic carbocycles. The van der Waals surface area contributed by atoms with Gasteiger partial charge in [0.1, 0.15) is 12.4 Å². The number of benzene rings is 2. The Morgan fingerprint density at radius 1 is 1.17 bits per heavy atom. The highest BCUT2D eigenvalue weighted by molar-refractivity contribution is 5.86. The summed E-state index contributed by atoms with van der Waals surface area (Å²) >= 11 is 0. The highest BCUT2D eigenvalue weighted by Gasteiger charge is 2.42. The number of nitrogens with one attached hydrogen (secondary N) is 1. The molecule has 1 fully saturated rings. The van der Waals surface area contributed by atoms with Gasteiger partial charge in [0.25, 0.3) is 5.91 Å². The van der Waals surface area contributed by atoms with Crippen LogP contribution in [0.25, 0.3) is 0 Å². The van der Waals surface area contributed by atoms with Gasteiger partial charge in [-0.1, -0.05) is 48.5 Å². The summed E-state index contributed by atoms with van der Waals surface area (Å²) in [6, 6.07) is 16.8. The molecule has 0 spiro atoms. The standard InChI is InChI=1S/C23H28N2O4/c1-16(2)25-20(26)15-29-22(21(25)18-10-5-4-6-11-18)23(27)24-14-13-17-9-7-8-12-19(17)28-3/h4-12,16,21-22H,13-15H2,1-3H3,(H,24,27)/t21-,22+/m1/s1. The summed E-state index contributed by atoms with van der Waals surface area (Å²) in [5.41, 5.74) is 1.91. The predicted molar refractivity (Wildman–Crippen MR) is 111 cm³/mol. The van der Waals surface area contributed by atoms with Crippen LogP contribution in [0.3, 0.4) is 0 Å². The number of nitrogens with zero attached hydrogens (tertiary/aromatic N) is 1. The van der Waals surface area contributed by atoms with Gasteiger partial charge < -0.3 is 19.7 Å². The number of methoxy groups -OCH3 is 1. The number of para-hydroxylation sites is 1. The lowest BCUT2D eigenvalue weighted by molar-refractivity contribution is -0.167. The van der Waals surface area contributed by atoms with Crippen LogP contribution in [-0.4, -0.2) is 49.1 Å². The molecule has 6 nitrogen and oxygen atoms in total. The summed E-state index contributed by atoms with van der Waals surface area (Å²) < 4.78 is 11.1. The van der Waals surface area contributed by atoms with E-state index < -0.39 is 12.1 Å². The summed E-state index contributed by atoms with van der Waals surface area (Å²) in [5, 5.41) is 2.97. The lowest BCUT2D eigenvalue weighted by Gasteiger charge is -2.42. The van der Waals surface area contributed by atoms with E-state index in [1.165, 1.54) is 0 Å². The SMILES string of the molecule is COc1ccccc1CCNC(=O)[C@H]1OCC(=O)N(C(C)C)[C@@H]1c1ccccc1. The van der Waals surface area contributed by atoms with E-state index in [1.54, 1.807) is 12.0 Å². The smallest absolute Gasteiger partial charge is 0.251 e. The van der Waals surface area contributed by atoms with Gasteiger partial charge in [0.2, 0.25) is 5.91 Å². The molecule has 2 aromatic rings. The first-order valence-electron chi connectivity index (χ1n) is 9.90. The molecular formula is C23H28N2O4. The summed E-state index contributed by atoms with van der Waals surface area (Å²) in [4.78, 5) is 27.3. The van der Waals surface area contributed by atoms with Crippen molar-refractivity contribution in [2.75, 3.05) is 20.3 Å².